The Kier molecular flexibility index (Phi) is 6.52. The van der Waals surface area contributed by atoms with Crippen LogP contribution in [-0.2, 0) is 11.2 Å². The van der Waals surface area contributed by atoms with Gasteiger partial charge in [-0.2, -0.15) is 0 Å². The number of hydrogen-bond acceptors (Lipinski definition) is 9. The Morgan fingerprint density at radius 2 is 1.74 bits per heavy atom. The third kappa shape index (κ3) is 5.32. The number of nitro benzene ring substituents is 1. The van der Waals surface area contributed by atoms with Crippen molar-refractivity contribution in [2.24, 2.45) is 0 Å². The van der Waals surface area contributed by atoms with Crippen LogP contribution in [0.2, 0.25) is 0 Å². The molecule has 0 spiro atoms. The number of aromatic nitrogens is 2. The van der Waals surface area contributed by atoms with Crippen molar-refractivity contribution in [2.45, 2.75) is 19.8 Å². The summed E-state index contributed by atoms with van der Waals surface area (Å²) in [6.45, 7) is 2.39. The fourth-order valence-electron chi connectivity index (χ4n) is 2.11. The number of non-ortho nitro benzene ring substituents is 1. The summed E-state index contributed by atoms with van der Waals surface area (Å²) in [6, 6.07) is 5.49. The van der Waals surface area contributed by atoms with Gasteiger partial charge in [0.05, 0.1) is 16.3 Å². The first-order valence-electron chi connectivity index (χ1n) is 7.93. The van der Waals surface area contributed by atoms with Gasteiger partial charge in [-0.05, 0) is 12.0 Å². The second-order valence-corrected chi connectivity index (χ2v) is 5.38. The van der Waals surface area contributed by atoms with E-state index in [1.54, 1.807) is 0 Å². The molecule has 142 valence electrons. The van der Waals surface area contributed by atoms with Gasteiger partial charge in [-0.1, -0.05) is 19.1 Å². The van der Waals surface area contributed by atoms with E-state index in [2.05, 4.69) is 26.1 Å². The maximum atomic E-state index is 12.0. The van der Waals surface area contributed by atoms with E-state index in [9.17, 15) is 25.0 Å². The number of amides is 1. The average molecular weight is 375 g/mol. The lowest BCUT2D eigenvalue weighted by Crippen LogP contribution is -2.31. The Hall–Kier alpha value is -3.83. The molecule has 0 bridgehead atoms. The zero-order valence-electron chi connectivity index (χ0n) is 14.3. The molecule has 1 aromatic carbocycles. The van der Waals surface area contributed by atoms with E-state index in [1.807, 2.05) is 6.92 Å². The molecule has 0 aliphatic heterocycles. The second kappa shape index (κ2) is 9.03. The van der Waals surface area contributed by atoms with Crippen molar-refractivity contribution in [3.8, 4) is 0 Å². The van der Waals surface area contributed by atoms with Crippen molar-refractivity contribution in [1.29, 1.82) is 0 Å². The van der Waals surface area contributed by atoms with E-state index in [-0.39, 0.29) is 29.4 Å². The molecule has 0 saturated carbocycles. The summed E-state index contributed by atoms with van der Waals surface area (Å²) < 4.78 is 0. The van der Waals surface area contributed by atoms with Crippen LogP contribution in [0.1, 0.15) is 18.9 Å². The van der Waals surface area contributed by atoms with E-state index in [4.69, 9.17) is 0 Å². The first-order chi connectivity index (χ1) is 12.9. The first-order valence-corrected chi connectivity index (χ1v) is 7.93. The predicted octanol–water partition coefficient (Wildman–Crippen LogP) is 1.80. The van der Waals surface area contributed by atoms with Crippen molar-refractivity contribution in [1.82, 2.24) is 15.4 Å². The van der Waals surface area contributed by atoms with Gasteiger partial charge in [-0.3, -0.25) is 35.9 Å². The Morgan fingerprint density at radius 3 is 2.33 bits per heavy atom. The quantitative estimate of drug-likeness (QED) is 0.437. The molecule has 0 aliphatic rings. The number of rotatable bonds is 9. The molecule has 27 heavy (non-hydrogen) atoms. The summed E-state index contributed by atoms with van der Waals surface area (Å²) in [5.41, 5.74) is 4.81. The molecular formula is C15H17N7O5. The Labute approximate surface area is 153 Å². The molecule has 0 atom stereocenters. The Bertz CT molecular complexity index is 841. The molecular weight excluding hydrogens is 358 g/mol. The van der Waals surface area contributed by atoms with Gasteiger partial charge in [0.15, 0.2) is 0 Å². The molecule has 12 heteroatoms. The van der Waals surface area contributed by atoms with Gasteiger partial charge in [0.2, 0.25) is 17.5 Å². The number of nitro groups is 2. The molecule has 0 aliphatic carbocycles. The molecule has 0 radical (unpaired) electrons. The first kappa shape index (κ1) is 19.5. The number of nitrogens with one attached hydrogen (secondary N) is 3. The fraction of sp³-hybridized carbons (Fsp3) is 0.267. The monoisotopic (exact) mass is 375 g/mol. The smallest absolute Gasteiger partial charge is 0.354 e. The third-order valence-electron chi connectivity index (χ3n) is 3.38. The lowest BCUT2D eigenvalue weighted by Gasteiger charge is -2.10. The van der Waals surface area contributed by atoms with E-state index in [0.29, 0.717) is 12.1 Å². The minimum atomic E-state index is -0.650. The van der Waals surface area contributed by atoms with Gasteiger partial charge in [0, 0.05) is 18.7 Å². The number of nitrogens with zero attached hydrogens (tertiary/aromatic N) is 4. The van der Waals surface area contributed by atoms with E-state index in [1.165, 1.54) is 24.3 Å². The summed E-state index contributed by atoms with van der Waals surface area (Å²) in [7, 11) is 0. The largest absolute Gasteiger partial charge is 0.364 e. The lowest BCUT2D eigenvalue weighted by atomic mass is 10.1. The summed E-state index contributed by atoms with van der Waals surface area (Å²) in [6.07, 6.45) is 1.80. The number of anilines is 2. The van der Waals surface area contributed by atoms with Crippen molar-refractivity contribution >= 4 is 28.9 Å². The topological polar surface area (TPSA) is 165 Å². The van der Waals surface area contributed by atoms with E-state index < -0.39 is 15.8 Å². The fourth-order valence-corrected chi connectivity index (χ4v) is 2.11. The zero-order valence-corrected chi connectivity index (χ0v) is 14.3. The number of carbonyl (C=O) groups excluding carboxylic acids is 1. The van der Waals surface area contributed by atoms with Crippen molar-refractivity contribution < 1.29 is 14.6 Å². The van der Waals surface area contributed by atoms with Gasteiger partial charge in [0.1, 0.15) is 6.33 Å². The SMILES string of the molecule is CCCNc1ncnc(NNC(=O)Cc2ccc([N+](=O)[O-])cc2)c1[N+](=O)[O-]. The van der Waals surface area contributed by atoms with Crippen LogP contribution in [0.15, 0.2) is 30.6 Å². The van der Waals surface area contributed by atoms with Gasteiger partial charge in [0.25, 0.3) is 5.69 Å². The Morgan fingerprint density at radius 1 is 1.07 bits per heavy atom. The molecule has 1 amide bonds. The molecule has 12 nitrogen and oxygen atoms in total. The predicted molar refractivity (Wildman–Crippen MR) is 96.0 cm³/mol. The summed E-state index contributed by atoms with van der Waals surface area (Å²) in [5, 5.41) is 24.8. The van der Waals surface area contributed by atoms with Crippen LogP contribution in [0.3, 0.4) is 0 Å². The molecule has 2 aromatic rings. The molecule has 0 saturated heterocycles. The van der Waals surface area contributed by atoms with Crippen LogP contribution in [0.5, 0.6) is 0 Å². The van der Waals surface area contributed by atoms with Gasteiger partial charge < -0.3 is 5.32 Å². The van der Waals surface area contributed by atoms with E-state index in [0.717, 1.165) is 12.7 Å². The molecule has 0 fully saturated rings. The zero-order chi connectivity index (χ0) is 19.8. The molecule has 2 rings (SSSR count). The van der Waals surface area contributed by atoms with Crippen LogP contribution >= 0.6 is 0 Å². The molecule has 1 heterocycles. The standard InChI is InChI=1S/C15H17N7O5/c1-2-7-16-14-13(22(26)27)15(18-9-17-14)20-19-12(23)8-10-3-5-11(6-4-10)21(24)25/h3-6,9H,2,7-8H2,1H3,(H,19,23)(H2,16,17,18,20). The number of hydrogen-bond donors (Lipinski definition) is 3. The third-order valence-corrected chi connectivity index (χ3v) is 3.38. The molecule has 0 unspecified atom stereocenters. The van der Waals surface area contributed by atoms with Crippen LogP contribution in [0.4, 0.5) is 23.0 Å². The highest BCUT2D eigenvalue weighted by atomic mass is 16.6. The molecule has 3 N–H and O–H groups in total. The Balaban J connectivity index is 2.03. The van der Waals surface area contributed by atoms with Crippen molar-refractivity contribution in [3.63, 3.8) is 0 Å². The van der Waals surface area contributed by atoms with Gasteiger partial charge in [-0.25, -0.2) is 9.97 Å². The van der Waals surface area contributed by atoms with Crippen LogP contribution in [0.25, 0.3) is 0 Å². The van der Waals surface area contributed by atoms with Crippen molar-refractivity contribution in [3.05, 3.63) is 56.4 Å². The van der Waals surface area contributed by atoms with Crippen molar-refractivity contribution in [2.75, 3.05) is 17.3 Å². The number of benzene rings is 1. The maximum absolute atomic E-state index is 12.0. The normalized spacial score (nSPS) is 10.1. The minimum absolute atomic E-state index is 0.0453. The van der Waals surface area contributed by atoms with Crippen LogP contribution in [-0.4, -0.2) is 32.3 Å². The van der Waals surface area contributed by atoms with Crippen LogP contribution in [0, 0.1) is 20.2 Å². The number of carbonyl (C=O) groups is 1. The summed E-state index contributed by atoms with van der Waals surface area (Å²) >= 11 is 0. The van der Waals surface area contributed by atoms with Crippen LogP contribution < -0.4 is 16.2 Å². The minimum Gasteiger partial charge on any atom is -0.364 e. The number of hydrazine groups is 1. The van der Waals surface area contributed by atoms with Gasteiger partial charge >= 0.3 is 5.69 Å². The summed E-state index contributed by atoms with van der Waals surface area (Å²) in [4.78, 5) is 40.4. The second-order valence-electron chi connectivity index (χ2n) is 5.38. The highest BCUT2D eigenvalue weighted by Gasteiger charge is 2.23. The highest BCUT2D eigenvalue weighted by Crippen LogP contribution is 2.28. The van der Waals surface area contributed by atoms with E-state index >= 15 is 0 Å². The summed E-state index contributed by atoms with van der Waals surface area (Å²) in [5.74, 6) is -0.616. The molecule has 1 aromatic heterocycles. The maximum Gasteiger partial charge on any atom is 0.354 e. The average Bonchev–Trinajstić information content (AvgIpc) is 2.64. The highest BCUT2D eigenvalue weighted by molar-refractivity contribution is 5.81. The van der Waals surface area contributed by atoms with Gasteiger partial charge in [-0.15, -0.1) is 0 Å². The lowest BCUT2D eigenvalue weighted by molar-refractivity contribution is -0.384.